The van der Waals surface area contributed by atoms with Crippen LogP contribution in [0.3, 0.4) is 0 Å². The van der Waals surface area contributed by atoms with Crippen molar-refractivity contribution < 1.29 is 27.4 Å². The number of nitrogens with zero attached hydrogens (tertiary/aromatic N) is 2. The first kappa shape index (κ1) is 22.0. The van der Waals surface area contributed by atoms with Gasteiger partial charge in [-0.3, -0.25) is 4.79 Å². The summed E-state index contributed by atoms with van der Waals surface area (Å²) in [5.74, 6) is 0.904. The zero-order valence-electron chi connectivity index (χ0n) is 16.4. The first-order valence-corrected chi connectivity index (χ1v) is 9.61. The van der Waals surface area contributed by atoms with Crippen molar-refractivity contribution in [2.24, 2.45) is 5.92 Å². The second kappa shape index (κ2) is 8.99. The Morgan fingerprint density at radius 3 is 2.37 bits per heavy atom. The molecule has 1 aliphatic heterocycles. The number of ether oxygens (including phenoxy) is 2. The van der Waals surface area contributed by atoms with Crippen molar-refractivity contribution in [3.8, 4) is 11.5 Å². The number of benzene rings is 1. The highest BCUT2D eigenvalue weighted by Gasteiger charge is 2.31. The number of anilines is 2. The van der Waals surface area contributed by atoms with Crippen LogP contribution in [-0.4, -0.2) is 38.2 Å². The van der Waals surface area contributed by atoms with Gasteiger partial charge >= 0.3 is 6.18 Å². The summed E-state index contributed by atoms with van der Waals surface area (Å²) in [6, 6.07) is 5.53. The van der Waals surface area contributed by atoms with Crippen LogP contribution < -0.4 is 19.7 Å². The second-order valence-electron chi connectivity index (χ2n) is 6.84. The van der Waals surface area contributed by atoms with Crippen molar-refractivity contribution in [3.05, 3.63) is 41.0 Å². The maximum atomic E-state index is 12.7. The Morgan fingerprint density at radius 2 is 1.83 bits per heavy atom. The third-order valence-electron chi connectivity index (χ3n) is 5.00. The van der Waals surface area contributed by atoms with Gasteiger partial charge in [-0.25, -0.2) is 4.98 Å². The SMILES string of the molecule is COc1cc(OC)c(NC(=O)C2CCN(c3ccc(C(F)(F)F)cn3)CC2)cc1Cl. The number of aromatic nitrogens is 1. The van der Waals surface area contributed by atoms with E-state index in [0.29, 0.717) is 54.0 Å². The zero-order valence-corrected chi connectivity index (χ0v) is 17.2. The van der Waals surface area contributed by atoms with E-state index in [9.17, 15) is 18.0 Å². The normalized spacial score (nSPS) is 15.1. The Hall–Kier alpha value is -2.68. The fraction of sp³-hybridized carbons (Fsp3) is 0.400. The van der Waals surface area contributed by atoms with Gasteiger partial charge in [0.05, 0.1) is 30.5 Å². The Labute approximate surface area is 176 Å². The summed E-state index contributed by atoms with van der Waals surface area (Å²) in [4.78, 5) is 18.5. The molecule has 1 aromatic carbocycles. The molecule has 1 amide bonds. The standard InChI is InChI=1S/C20H21ClF3N3O3/c1-29-16-10-17(30-2)15(9-14(16)21)26-19(28)12-5-7-27(8-6-12)18-4-3-13(11-25-18)20(22,23)24/h3-4,9-12H,5-8H2,1-2H3,(H,26,28). The molecule has 2 aromatic rings. The summed E-state index contributed by atoms with van der Waals surface area (Å²) in [6.07, 6.45) is -2.50. The topological polar surface area (TPSA) is 63.7 Å². The summed E-state index contributed by atoms with van der Waals surface area (Å²) < 4.78 is 48.5. The molecule has 2 heterocycles. The average Bonchev–Trinajstić information content (AvgIpc) is 2.73. The van der Waals surface area contributed by atoms with Crippen molar-refractivity contribution in [3.63, 3.8) is 0 Å². The molecule has 10 heteroatoms. The maximum absolute atomic E-state index is 12.7. The van der Waals surface area contributed by atoms with Gasteiger partial charge in [-0.2, -0.15) is 13.2 Å². The van der Waals surface area contributed by atoms with Gasteiger partial charge in [0, 0.05) is 31.3 Å². The van der Waals surface area contributed by atoms with Gasteiger partial charge in [0.2, 0.25) is 5.91 Å². The number of halogens is 4. The lowest BCUT2D eigenvalue weighted by molar-refractivity contribution is -0.137. The van der Waals surface area contributed by atoms with Gasteiger partial charge in [-0.1, -0.05) is 11.6 Å². The third-order valence-corrected chi connectivity index (χ3v) is 5.29. The summed E-state index contributed by atoms with van der Waals surface area (Å²) in [5, 5.41) is 3.18. The number of hydrogen-bond donors (Lipinski definition) is 1. The number of hydrogen-bond acceptors (Lipinski definition) is 5. The van der Waals surface area contributed by atoms with Crippen LogP contribution in [-0.2, 0) is 11.0 Å². The van der Waals surface area contributed by atoms with Crippen molar-refractivity contribution >= 4 is 29.0 Å². The van der Waals surface area contributed by atoms with Gasteiger partial charge in [-0.05, 0) is 31.0 Å². The van der Waals surface area contributed by atoms with Crippen LogP contribution in [0.2, 0.25) is 5.02 Å². The molecule has 0 atom stereocenters. The lowest BCUT2D eigenvalue weighted by atomic mass is 9.95. The van der Waals surface area contributed by atoms with E-state index in [-0.39, 0.29) is 11.8 Å². The molecule has 1 aromatic heterocycles. The van der Waals surface area contributed by atoms with Gasteiger partial charge < -0.3 is 19.7 Å². The van der Waals surface area contributed by atoms with Gasteiger partial charge in [0.1, 0.15) is 17.3 Å². The number of methoxy groups -OCH3 is 2. The molecule has 1 saturated heterocycles. The average molecular weight is 444 g/mol. The number of alkyl halides is 3. The van der Waals surface area contributed by atoms with E-state index in [0.717, 1.165) is 12.3 Å². The van der Waals surface area contributed by atoms with Gasteiger partial charge in [-0.15, -0.1) is 0 Å². The summed E-state index contributed by atoms with van der Waals surface area (Å²) >= 11 is 6.14. The van der Waals surface area contributed by atoms with Crippen LogP contribution in [0, 0.1) is 5.92 Å². The molecule has 3 rings (SSSR count). The monoisotopic (exact) mass is 443 g/mol. The van der Waals surface area contributed by atoms with E-state index in [2.05, 4.69) is 10.3 Å². The summed E-state index contributed by atoms with van der Waals surface area (Å²) in [5.41, 5.74) is -0.340. The smallest absolute Gasteiger partial charge is 0.417 e. The van der Waals surface area contributed by atoms with Crippen LogP contribution in [0.5, 0.6) is 11.5 Å². The predicted molar refractivity (Wildman–Crippen MR) is 107 cm³/mol. The van der Waals surface area contributed by atoms with Crippen LogP contribution in [0.15, 0.2) is 30.5 Å². The van der Waals surface area contributed by atoms with Crippen molar-refractivity contribution in [1.29, 1.82) is 0 Å². The van der Waals surface area contributed by atoms with E-state index in [4.69, 9.17) is 21.1 Å². The largest absolute Gasteiger partial charge is 0.495 e. The minimum absolute atomic E-state index is 0.172. The van der Waals surface area contributed by atoms with Crippen molar-refractivity contribution in [2.45, 2.75) is 19.0 Å². The molecule has 30 heavy (non-hydrogen) atoms. The third kappa shape index (κ3) is 4.89. The molecule has 1 aliphatic rings. The molecule has 0 aliphatic carbocycles. The minimum Gasteiger partial charge on any atom is -0.495 e. The number of pyridine rings is 1. The molecule has 1 N–H and O–H groups in total. The number of amides is 1. The van der Waals surface area contributed by atoms with Crippen LogP contribution in [0.1, 0.15) is 18.4 Å². The molecular formula is C20H21ClF3N3O3. The van der Waals surface area contributed by atoms with E-state index in [1.165, 1.54) is 20.3 Å². The first-order valence-electron chi connectivity index (χ1n) is 9.23. The van der Waals surface area contributed by atoms with Crippen LogP contribution >= 0.6 is 11.6 Å². The molecule has 0 unspecified atom stereocenters. The first-order chi connectivity index (χ1) is 14.2. The lowest BCUT2D eigenvalue weighted by Crippen LogP contribution is -2.38. The van der Waals surface area contributed by atoms with Crippen molar-refractivity contribution in [1.82, 2.24) is 4.98 Å². The molecule has 6 nitrogen and oxygen atoms in total. The Kier molecular flexibility index (Phi) is 6.60. The number of carbonyl (C=O) groups is 1. The Morgan fingerprint density at radius 1 is 1.17 bits per heavy atom. The van der Waals surface area contributed by atoms with Crippen LogP contribution in [0.25, 0.3) is 0 Å². The second-order valence-corrected chi connectivity index (χ2v) is 7.25. The number of carbonyl (C=O) groups excluding carboxylic acids is 1. The van der Waals surface area contributed by atoms with E-state index >= 15 is 0 Å². The lowest BCUT2D eigenvalue weighted by Gasteiger charge is -2.32. The molecule has 162 valence electrons. The van der Waals surface area contributed by atoms with E-state index in [1.807, 2.05) is 4.90 Å². The van der Waals surface area contributed by atoms with Gasteiger partial charge in [0.15, 0.2) is 0 Å². The zero-order chi connectivity index (χ0) is 21.9. The number of piperidine rings is 1. The minimum atomic E-state index is -4.41. The highest BCUT2D eigenvalue weighted by atomic mass is 35.5. The fourth-order valence-corrected chi connectivity index (χ4v) is 3.54. The van der Waals surface area contributed by atoms with E-state index in [1.54, 1.807) is 12.1 Å². The quantitative estimate of drug-likeness (QED) is 0.730. The highest BCUT2D eigenvalue weighted by Crippen LogP contribution is 2.36. The summed E-state index contributed by atoms with van der Waals surface area (Å²) in [6.45, 7) is 1.02. The number of rotatable bonds is 5. The molecule has 0 spiro atoms. The number of nitrogens with one attached hydrogen (secondary N) is 1. The Bertz CT molecular complexity index is 899. The molecular weight excluding hydrogens is 423 g/mol. The molecule has 0 saturated carbocycles. The van der Waals surface area contributed by atoms with E-state index < -0.39 is 11.7 Å². The molecule has 0 bridgehead atoms. The molecule has 0 radical (unpaired) electrons. The van der Waals surface area contributed by atoms with Gasteiger partial charge in [0.25, 0.3) is 0 Å². The highest BCUT2D eigenvalue weighted by molar-refractivity contribution is 6.32. The maximum Gasteiger partial charge on any atom is 0.417 e. The molecule has 1 fully saturated rings. The Balaban J connectivity index is 1.61. The fourth-order valence-electron chi connectivity index (χ4n) is 3.30. The predicted octanol–water partition coefficient (Wildman–Crippen LogP) is 4.63. The van der Waals surface area contributed by atoms with Crippen LogP contribution in [0.4, 0.5) is 24.7 Å². The van der Waals surface area contributed by atoms with Crippen molar-refractivity contribution in [2.75, 3.05) is 37.5 Å². The summed E-state index contributed by atoms with van der Waals surface area (Å²) in [7, 11) is 2.96.